The lowest BCUT2D eigenvalue weighted by Crippen LogP contribution is -2.30. The molecule has 0 aromatic heterocycles. The van der Waals surface area contributed by atoms with Crippen LogP contribution in [0.25, 0.3) is 0 Å². The van der Waals surface area contributed by atoms with Gasteiger partial charge in [-0.2, -0.15) is 0 Å². The number of unbranched alkanes of at least 4 members (excludes halogenated alkanes) is 32. The second kappa shape index (κ2) is 48.3. The van der Waals surface area contributed by atoms with Gasteiger partial charge in [0.2, 0.25) is 0 Å². The van der Waals surface area contributed by atoms with Gasteiger partial charge >= 0.3 is 17.9 Å². The second-order valence-corrected chi connectivity index (χ2v) is 20.8. The molecular weight excluding hydrogens is 781 g/mol. The van der Waals surface area contributed by atoms with Crippen molar-refractivity contribution >= 4 is 17.9 Å². The zero-order chi connectivity index (χ0) is 46.3. The van der Waals surface area contributed by atoms with Crippen LogP contribution in [0, 0.1) is 17.8 Å². The van der Waals surface area contributed by atoms with Crippen LogP contribution < -0.4 is 0 Å². The van der Waals surface area contributed by atoms with Gasteiger partial charge in [0, 0.05) is 19.3 Å². The number of esters is 3. The molecule has 0 N–H and O–H groups in total. The predicted octanol–water partition coefficient (Wildman–Crippen LogP) is 18.3. The van der Waals surface area contributed by atoms with Gasteiger partial charge in [-0.1, -0.05) is 273 Å². The third-order valence-electron chi connectivity index (χ3n) is 13.3. The Morgan fingerprint density at radius 1 is 0.317 bits per heavy atom. The minimum absolute atomic E-state index is 0.0646. The molecule has 2 atom stereocenters. The molecule has 0 saturated heterocycles. The third kappa shape index (κ3) is 49.7. The number of hydrogen-bond donors (Lipinski definition) is 0. The normalized spacial score (nSPS) is 12.6. The molecule has 0 aliphatic carbocycles. The minimum atomic E-state index is -0.763. The number of ether oxygens (including phenoxy) is 3. The summed E-state index contributed by atoms with van der Waals surface area (Å²) in [4.78, 5) is 38.0. The van der Waals surface area contributed by atoms with Crippen LogP contribution in [0.2, 0.25) is 0 Å². The van der Waals surface area contributed by atoms with Gasteiger partial charge in [-0.05, 0) is 37.0 Å². The van der Waals surface area contributed by atoms with E-state index in [1.54, 1.807) is 0 Å². The van der Waals surface area contributed by atoms with Gasteiger partial charge in [-0.15, -0.1) is 0 Å². The number of hydrogen-bond acceptors (Lipinski definition) is 6. The summed E-state index contributed by atoms with van der Waals surface area (Å²) in [5.41, 5.74) is 0. The Morgan fingerprint density at radius 3 is 0.825 bits per heavy atom. The first kappa shape index (κ1) is 61.4. The second-order valence-electron chi connectivity index (χ2n) is 20.8. The van der Waals surface area contributed by atoms with Crippen LogP contribution in [0.5, 0.6) is 0 Å². The summed E-state index contributed by atoms with van der Waals surface area (Å²) in [7, 11) is 0. The molecule has 1 unspecified atom stereocenters. The van der Waals surface area contributed by atoms with Gasteiger partial charge in [0.15, 0.2) is 6.10 Å². The fourth-order valence-electron chi connectivity index (χ4n) is 8.61. The molecule has 0 fully saturated rings. The van der Waals surface area contributed by atoms with Crippen LogP contribution in [0.3, 0.4) is 0 Å². The van der Waals surface area contributed by atoms with Gasteiger partial charge < -0.3 is 14.2 Å². The summed E-state index contributed by atoms with van der Waals surface area (Å²) in [6, 6.07) is 0. The van der Waals surface area contributed by atoms with E-state index in [-0.39, 0.29) is 31.1 Å². The predicted molar refractivity (Wildman–Crippen MR) is 270 cm³/mol. The highest BCUT2D eigenvalue weighted by molar-refractivity contribution is 5.71. The maximum absolute atomic E-state index is 12.8. The zero-order valence-electron chi connectivity index (χ0n) is 43.4. The maximum Gasteiger partial charge on any atom is 0.306 e. The Bertz CT molecular complexity index is 978. The average molecular weight is 892 g/mol. The van der Waals surface area contributed by atoms with Crippen molar-refractivity contribution in [1.29, 1.82) is 0 Å². The van der Waals surface area contributed by atoms with Crippen molar-refractivity contribution in [2.75, 3.05) is 13.2 Å². The van der Waals surface area contributed by atoms with Crippen LogP contribution >= 0.6 is 0 Å². The van der Waals surface area contributed by atoms with Gasteiger partial charge in [-0.25, -0.2) is 0 Å². The van der Waals surface area contributed by atoms with E-state index >= 15 is 0 Å². The Hall–Kier alpha value is -1.59. The monoisotopic (exact) mass is 891 g/mol. The number of carbonyl (C=O) groups is 3. The fourth-order valence-corrected chi connectivity index (χ4v) is 8.61. The molecule has 0 heterocycles. The molecular formula is C57H110O6. The summed E-state index contributed by atoms with van der Waals surface area (Å²) in [5, 5.41) is 0. The molecule has 0 spiro atoms. The summed E-state index contributed by atoms with van der Waals surface area (Å²) in [6.07, 6.45) is 49.6. The largest absolute Gasteiger partial charge is 0.462 e. The van der Waals surface area contributed by atoms with Crippen LogP contribution in [0.1, 0.15) is 311 Å². The smallest absolute Gasteiger partial charge is 0.306 e. The van der Waals surface area contributed by atoms with Crippen LogP contribution in [0.15, 0.2) is 0 Å². The molecule has 63 heavy (non-hydrogen) atoms. The molecule has 0 radical (unpaired) electrons. The lowest BCUT2D eigenvalue weighted by molar-refractivity contribution is -0.167. The van der Waals surface area contributed by atoms with E-state index in [2.05, 4.69) is 41.5 Å². The van der Waals surface area contributed by atoms with Gasteiger partial charge in [-0.3, -0.25) is 14.4 Å². The summed E-state index contributed by atoms with van der Waals surface area (Å²) < 4.78 is 16.8. The van der Waals surface area contributed by atoms with Crippen molar-refractivity contribution in [2.45, 2.75) is 317 Å². The standard InChI is InChI=1S/C57H110O6/c1-7-53(6)45-39-33-27-20-16-14-12-10-8-9-11-13-15-17-21-28-34-40-46-55(58)61-49-54(63-57(60)48-42-36-30-24-23-26-32-38-44-52(4)5)50-62-56(59)47-41-35-29-22-18-19-25-31-37-43-51(2)3/h51-54H,7-50H2,1-6H3/t53?,54-/m1/s1. The Balaban J connectivity index is 4.19. The van der Waals surface area contributed by atoms with E-state index in [1.165, 1.54) is 193 Å². The van der Waals surface area contributed by atoms with Crippen molar-refractivity contribution in [3.63, 3.8) is 0 Å². The molecule has 0 rings (SSSR count). The van der Waals surface area contributed by atoms with Crippen LogP contribution in [-0.4, -0.2) is 37.2 Å². The Kier molecular flexibility index (Phi) is 47.1. The molecule has 6 nitrogen and oxygen atoms in total. The lowest BCUT2D eigenvalue weighted by Gasteiger charge is -2.18. The van der Waals surface area contributed by atoms with Gasteiger partial charge in [0.25, 0.3) is 0 Å². The summed E-state index contributed by atoms with van der Waals surface area (Å²) in [5.74, 6) is 1.66. The van der Waals surface area contributed by atoms with Crippen LogP contribution in [0.4, 0.5) is 0 Å². The SMILES string of the molecule is CCC(C)CCCCCCCCCCCCCCCCCCCCC(=O)OC[C@H](COC(=O)CCCCCCCCCCCC(C)C)OC(=O)CCCCCCCCCCC(C)C. The van der Waals surface area contributed by atoms with E-state index in [0.29, 0.717) is 19.3 Å². The summed E-state index contributed by atoms with van der Waals surface area (Å²) >= 11 is 0. The number of carbonyl (C=O) groups excluding carboxylic acids is 3. The molecule has 0 aromatic carbocycles. The van der Waals surface area contributed by atoms with E-state index < -0.39 is 6.10 Å². The highest BCUT2D eigenvalue weighted by Crippen LogP contribution is 2.19. The summed E-state index contributed by atoms with van der Waals surface area (Å²) in [6.45, 7) is 13.7. The molecule has 374 valence electrons. The third-order valence-corrected chi connectivity index (χ3v) is 13.3. The Morgan fingerprint density at radius 2 is 0.556 bits per heavy atom. The highest BCUT2D eigenvalue weighted by Gasteiger charge is 2.19. The first-order valence-corrected chi connectivity index (χ1v) is 28.1. The van der Waals surface area contributed by atoms with Crippen molar-refractivity contribution in [2.24, 2.45) is 17.8 Å². The first-order valence-electron chi connectivity index (χ1n) is 28.1. The topological polar surface area (TPSA) is 78.9 Å². The van der Waals surface area contributed by atoms with Crippen molar-refractivity contribution in [3.05, 3.63) is 0 Å². The van der Waals surface area contributed by atoms with Crippen LogP contribution in [-0.2, 0) is 28.6 Å². The minimum Gasteiger partial charge on any atom is -0.462 e. The molecule has 0 bridgehead atoms. The quantitative estimate of drug-likeness (QED) is 0.0344. The van der Waals surface area contributed by atoms with Gasteiger partial charge in [0.1, 0.15) is 13.2 Å². The van der Waals surface area contributed by atoms with E-state index in [0.717, 1.165) is 75.5 Å². The highest BCUT2D eigenvalue weighted by atomic mass is 16.6. The van der Waals surface area contributed by atoms with E-state index in [1.807, 2.05) is 0 Å². The van der Waals surface area contributed by atoms with Crippen molar-refractivity contribution in [1.82, 2.24) is 0 Å². The molecule has 0 saturated carbocycles. The Labute approximate surface area is 393 Å². The number of rotatable bonds is 50. The molecule has 6 heteroatoms. The van der Waals surface area contributed by atoms with Gasteiger partial charge in [0.05, 0.1) is 0 Å². The van der Waals surface area contributed by atoms with Crippen molar-refractivity contribution < 1.29 is 28.6 Å². The zero-order valence-corrected chi connectivity index (χ0v) is 43.4. The molecule has 0 aliphatic heterocycles. The fraction of sp³-hybridized carbons (Fsp3) is 0.947. The molecule has 0 amide bonds. The van der Waals surface area contributed by atoms with Crippen molar-refractivity contribution in [3.8, 4) is 0 Å². The lowest BCUT2D eigenvalue weighted by atomic mass is 9.99. The van der Waals surface area contributed by atoms with E-state index in [4.69, 9.17) is 14.2 Å². The molecule has 0 aliphatic rings. The molecule has 0 aromatic rings. The first-order chi connectivity index (χ1) is 30.6. The maximum atomic E-state index is 12.8. The van der Waals surface area contributed by atoms with E-state index in [9.17, 15) is 14.4 Å². The average Bonchev–Trinajstić information content (AvgIpc) is 3.25.